The number of ether oxygens (including phenoxy) is 4. The number of hydrogen-bond acceptors (Lipinski definition) is 5. The SMILES string of the molecule is Cc1ccccc1OCC(=O)NCC#CCOc1ccc2c(c1)OCO2. The van der Waals surface area contributed by atoms with Gasteiger partial charge in [-0.05, 0) is 30.7 Å². The highest BCUT2D eigenvalue weighted by molar-refractivity contribution is 5.77. The molecule has 1 N–H and O–H groups in total. The molecule has 3 rings (SSSR count). The largest absolute Gasteiger partial charge is 0.484 e. The van der Waals surface area contributed by atoms with Crippen molar-refractivity contribution < 1.29 is 23.7 Å². The van der Waals surface area contributed by atoms with Crippen molar-refractivity contribution in [2.45, 2.75) is 6.92 Å². The van der Waals surface area contributed by atoms with E-state index in [1.807, 2.05) is 31.2 Å². The van der Waals surface area contributed by atoms with Gasteiger partial charge in [0.1, 0.15) is 18.1 Å². The number of carbonyl (C=O) groups excluding carboxylic acids is 1. The smallest absolute Gasteiger partial charge is 0.258 e. The van der Waals surface area contributed by atoms with Crippen molar-refractivity contribution >= 4 is 5.91 Å². The van der Waals surface area contributed by atoms with Crippen molar-refractivity contribution in [3.8, 4) is 34.8 Å². The third-order valence-corrected chi connectivity index (χ3v) is 3.61. The minimum atomic E-state index is -0.223. The van der Waals surface area contributed by atoms with Crippen LogP contribution in [-0.4, -0.2) is 32.5 Å². The van der Waals surface area contributed by atoms with E-state index in [4.69, 9.17) is 18.9 Å². The van der Waals surface area contributed by atoms with E-state index in [-0.39, 0.29) is 32.5 Å². The Balaban J connectivity index is 1.34. The molecule has 6 heteroatoms. The number of nitrogens with one attached hydrogen (secondary N) is 1. The first-order chi connectivity index (χ1) is 12.7. The molecule has 26 heavy (non-hydrogen) atoms. The normalized spacial score (nSPS) is 11.3. The molecule has 0 saturated carbocycles. The Kier molecular flexibility index (Phi) is 5.84. The quantitative estimate of drug-likeness (QED) is 0.808. The maximum Gasteiger partial charge on any atom is 0.258 e. The molecular weight excluding hydrogens is 334 g/mol. The summed E-state index contributed by atoms with van der Waals surface area (Å²) in [6.07, 6.45) is 0. The van der Waals surface area contributed by atoms with Gasteiger partial charge in [-0.15, -0.1) is 0 Å². The fraction of sp³-hybridized carbons (Fsp3) is 0.250. The average Bonchev–Trinajstić information content (AvgIpc) is 3.11. The second kappa shape index (κ2) is 8.67. The molecule has 1 aliphatic rings. The molecular formula is C20H19NO5. The number of aryl methyl sites for hydroxylation is 1. The molecule has 2 aromatic rings. The van der Waals surface area contributed by atoms with Crippen molar-refractivity contribution in [3.05, 3.63) is 48.0 Å². The van der Waals surface area contributed by atoms with Gasteiger partial charge in [0, 0.05) is 6.07 Å². The minimum Gasteiger partial charge on any atom is -0.484 e. The molecule has 0 bridgehead atoms. The monoisotopic (exact) mass is 353 g/mol. The van der Waals surface area contributed by atoms with E-state index in [0.717, 1.165) is 5.56 Å². The standard InChI is InChI=1S/C20H19NO5/c1-15-6-2-3-7-17(15)24-13-20(22)21-10-4-5-11-23-16-8-9-18-19(12-16)26-14-25-18/h2-3,6-9,12H,10-11,13-14H2,1H3,(H,21,22). The highest BCUT2D eigenvalue weighted by Gasteiger charge is 2.13. The number of rotatable bonds is 6. The lowest BCUT2D eigenvalue weighted by atomic mass is 10.2. The van der Waals surface area contributed by atoms with E-state index >= 15 is 0 Å². The van der Waals surface area contributed by atoms with Gasteiger partial charge in [-0.3, -0.25) is 4.79 Å². The summed E-state index contributed by atoms with van der Waals surface area (Å²) >= 11 is 0. The van der Waals surface area contributed by atoms with Gasteiger partial charge in [-0.1, -0.05) is 30.0 Å². The molecule has 0 aromatic heterocycles. The van der Waals surface area contributed by atoms with E-state index < -0.39 is 0 Å². The maximum absolute atomic E-state index is 11.7. The number of fused-ring (bicyclic) bond motifs is 1. The molecule has 1 aliphatic heterocycles. The predicted molar refractivity (Wildman–Crippen MR) is 95.5 cm³/mol. The van der Waals surface area contributed by atoms with E-state index in [1.54, 1.807) is 18.2 Å². The van der Waals surface area contributed by atoms with Crippen LogP contribution in [0, 0.1) is 18.8 Å². The maximum atomic E-state index is 11.7. The zero-order chi connectivity index (χ0) is 18.2. The van der Waals surface area contributed by atoms with Gasteiger partial charge in [0.05, 0.1) is 6.54 Å². The van der Waals surface area contributed by atoms with Gasteiger partial charge in [0.2, 0.25) is 6.79 Å². The predicted octanol–water partition coefficient (Wildman–Crippen LogP) is 2.30. The van der Waals surface area contributed by atoms with Crippen LogP contribution in [0.25, 0.3) is 0 Å². The molecule has 0 fully saturated rings. The molecule has 0 aliphatic carbocycles. The molecule has 1 amide bonds. The van der Waals surface area contributed by atoms with Crippen LogP contribution in [0.3, 0.4) is 0 Å². The van der Waals surface area contributed by atoms with Crippen molar-refractivity contribution in [1.29, 1.82) is 0 Å². The summed E-state index contributed by atoms with van der Waals surface area (Å²) in [6.45, 7) is 2.57. The number of amides is 1. The lowest BCUT2D eigenvalue weighted by Crippen LogP contribution is -2.29. The Labute approximate surface area is 152 Å². The highest BCUT2D eigenvalue weighted by Crippen LogP contribution is 2.34. The first-order valence-corrected chi connectivity index (χ1v) is 8.15. The average molecular weight is 353 g/mol. The van der Waals surface area contributed by atoms with Crippen molar-refractivity contribution in [1.82, 2.24) is 5.32 Å². The fourth-order valence-electron chi connectivity index (χ4n) is 2.26. The zero-order valence-electron chi connectivity index (χ0n) is 14.4. The van der Waals surface area contributed by atoms with Crippen LogP contribution in [0.15, 0.2) is 42.5 Å². The third-order valence-electron chi connectivity index (χ3n) is 3.61. The van der Waals surface area contributed by atoms with Crippen LogP contribution < -0.4 is 24.3 Å². The summed E-state index contributed by atoms with van der Waals surface area (Å²) in [4.78, 5) is 11.7. The zero-order valence-corrected chi connectivity index (χ0v) is 14.4. The number of carbonyl (C=O) groups is 1. The second-order valence-corrected chi connectivity index (χ2v) is 5.49. The van der Waals surface area contributed by atoms with Crippen LogP contribution in [0.1, 0.15) is 5.56 Å². The summed E-state index contributed by atoms with van der Waals surface area (Å²) in [7, 11) is 0. The molecule has 2 aromatic carbocycles. The van der Waals surface area contributed by atoms with Gasteiger partial charge in [0.15, 0.2) is 18.1 Å². The Morgan fingerprint density at radius 1 is 1.12 bits per heavy atom. The van der Waals surface area contributed by atoms with Gasteiger partial charge in [-0.2, -0.15) is 0 Å². The first kappa shape index (κ1) is 17.5. The van der Waals surface area contributed by atoms with Crippen LogP contribution in [-0.2, 0) is 4.79 Å². The van der Waals surface area contributed by atoms with Crippen molar-refractivity contribution in [3.63, 3.8) is 0 Å². The molecule has 0 unspecified atom stereocenters. The van der Waals surface area contributed by atoms with Gasteiger partial charge < -0.3 is 24.3 Å². The van der Waals surface area contributed by atoms with E-state index in [1.165, 1.54) is 0 Å². The molecule has 1 heterocycles. The Morgan fingerprint density at radius 2 is 1.96 bits per heavy atom. The lowest BCUT2D eigenvalue weighted by molar-refractivity contribution is -0.122. The minimum absolute atomic E-state index is 0.0414. The molecule has 0 spiro atoms. The second-order valence-electron chi connectivity index (χ2n) is 5.49. The summed E-state index contributed by atoms with van der Waals surface area (Å²) in [5.41, 5.74) is 0.987. The van der Waals surface area contributed by atoms with Gasteiger partial charge in [-0.25, -0.2) is 0 Å². The Hall–Kier alpha value is -3.33. The van der Waals surface area contributed by atoms with Crippen LogP contribution in [0.5, 0.6) is 23.0 Å². The number of benzene rings is 2. The highest BCUT2D eigenvalue weighted by atomic mass is 16.7. The van der Waals surface area contributed by atoms with Crippen LogP contribution in [0.2, 0.25) is 0 Å². The first-order valence-electron chi connectivity index (χ1n) is 8.15. The van der Waals surface area contributed by atoms with Gasteiger partial charge in [0.25, 0.3) is 5.91 Å². The van der Waals surface area contributed by atoms with Gasteiger partial charge >= 0.3 is 0 Å². The summed E-state index contributed by atoms with van der Waals surface area (Å²) in [6, 6.07) is 12.9. The molecule has 0 saturated heterocycles. The lowest BCUT2D eigenvalue weighted by Gasteiger charge is -2.07. The molecule has 0 atom stereocenters. The number of hydrogen-bond donors (Lipinski definition) is 1. The Morgan fingerprint density at radius 3 is 2.85 bits per heavy atom. The summed E-state index contributed by atoms with van der Waals surface area (Å²) < 4.78 is 21.5. The third kappa shape index (κ3) is 4.84. The fourth-order valence-corrected chi connectivity index (χ4v) is 2.26. The summed E-state index contributed by atoms with van der Waals surface area (Å²) in [5.74, 6) is 8.17. The number of para-hydroxylation sites is 1. The van der Waals surface area contributed by atoms with Crippen LogP contribution >= 0.6 is 0 Å². The van der Waals surface area contributed by atoms with E-state index in [9.17, 15) is 4.79 Å². The van der Waals surface area contributed by atoms with E-state index in [0.29, 0.717) is 23.0 Å². The molecule has 0 radical (unpaired) electrons. The van der Waals surface area contributed by atoms with Crippen LogP contribution in [0.4, 0.5) is 0 Å². The summed E-state index contributed by atoms with van der Waals surface area (Å²) in [5, 5.41) is 2.68. The van der Waals surface area contributed by atoms with Crippen molar-refractivity contribution in [2.24, 2.45) is 0 Å². The molecule has 134 valence electrons. The van der Waals surface area contributed by atoms with Crippen molar-refractivity contribution in [2.75, 3.05) is 26.6 Å². The topological polar surface area (TPSA) is 66.0 Å². The van der Waals surface area contributed by atoms with E-state index in [2.05, 4.69) is 17.2 Å². The Bertz CT molecular complexity index is 838. The molecule has 6 nitrogen and oxygen atoms in total.